The number of fused-ring (bicyclic) bond motifs is 6. The lowest BCUT2D eigenvalue weighted by Gasteiger charge is -2.35. The molecule has 0 saturated heterocycles. The van der Waals surface area contributed by atoms with E-state index in [1.807, 2.05) is 71.6 Å². The van der Waals surface area contributed by atoms with Gasteiger partial charge in [0.1, 0.15) is 17.3 Å². The van der Waals surface area contributed by atoms with Crippen LogP contribution in [0.1, 0.15) is 33.4 Å². The Bertz CT molecular complexity index is 3770. The minimum atomic E-state index is -4.50. The number of benzene rings is 10. The van der Waals surface area contributed by atoms with Gasteiger partial charge in [0.25, 0.3) is 0 Å². The first-order valence-corrected chi connectivity index (χ1v) is 23.4. The Labute approximate surface area is 408 Å². The first kappa shape index (κ1) is 43.3. The second-order valence-electron chi connectivity index (χ2n) is 17.8. The molecule has 0 amide bonds. The van der Waals surface area contributed by atoms with Gasteiger partial charge in [-0.2, -0.15) is 13.2 Å². The summed E-state index contributed by atoms with van der Waals surface area (Å²) in [4.78, 5) is 2.02. The average Bonchev–Trinajstić information content (AvgIpc) is 3.90. The number of ether oxygens (including phenoxy) is 1. The van der Waals surface area contributed by atoms with E-state index < -0.39 is 17.2 Å². The van der Waals surface area contributed by atoms with Crippen molar-refractivity contribution in [3.05, 3.63) is 282 Å². The highest BCUT2D eigenvalue weighted by molar-refractivity contribution is 6.10. The van der Waals surface area contributed by atoms with Crippen molar-refractivity contribution in [2.45, 2.75) is 11.6 Å². The lowest BCUT2D eigenvalue weighted by atomic mass is 9.67. The fraction of sp³-hybridized carbons (Fsp3) is 0.0312. The van der Waals surface area contributed by atoms with E-state index in [0.717, 1.165) is 101 Å². The number of alkyl halides is 3. The van der Waals surface area contributed by atoms with E-state index in [-0.39, 0.29) is 5.82 Å². The highest BCUT2D eigenvalue weighted by Gasteiger charge is 2.46. The molecule has 0 bridgehead atoms. The number of para-hydroxylation sites is 1. The topological polar surface area (TPSA) is 17.4 Å². The minimum Gasteiger partial charge on any atom is -0.457 e. The predicted molar refractivity (Wildman–Crippen MR) is 280 cm³/mol. The molecule has 1 aromatic heterocycles. The van der Waals surface area contributed by atoms with Crippen LogP contribution in [-0.4, -0.2) is 4.57 Å². The average molecular weight is 931 g/mol. The van der Waals surface area contributed by atoms with E-state index in [4.69, 9.17) is 4.74 Å². The Morgan fingerprint density at radius 2 is 1.06 bits per heavy atom. The molecule has 0 fully saturated rings. The van der Waals surface area contributed by atoms with Crippen molar-refractivity contribution in [1.82, 2.24) is 4.57 Å². The second-order valence-corrected chi connectivity index (χ2v) is 17.8. The Morgan fingerprint density at radius 3 is 1.76 bits per heavy atom. The van der Waals surface area contributed by atoms with Gasteiger partial charge in [0, 0.05) is 33.5 Å². The highest BCUT2D eigenvalue weighted by atomic mass is 19.4. The minimum absolute atomic E-state index is 0.293. The second kappa shape index (κ2) is 17.2. The molecular formula is C64H42F4N2O. The molecule has 1 unspecified atom stereocenters. The molecule has 0 radical (unpaired) electrons. The molecule has 1 aliphatic carbocycles. The zero-order valence-corrected chi connectivity index (χ0v) is 38.1. The van der Waals surface area contributed by atoms with Gasteiger partial charge in [-0.1, -0.05) is 134 Å². The lowest BCUT2D eigenvalue weighted by molar-refractivity contribution is -0.137. The quantitative estimate of drug-likeness (QED) is 0.127. The SMILES string of the molecule is C=Cc1ccc(Oc2ccc(C3(c4ccccc4)c4ccccc4-c4ccc(N(c5ccc(-c6ccc7c(c6)c6ccccc6n7-c6ccc(F)cc6)cc5)c5ccc(C(F)(F)F)cc5)cc43)cc2)cc1. The molecule has 1 aliphatic rings. The molecular weight excluding hydrogens is 889 g/mol. The Morgan fingerprint density at radius 1 is 0.479 bits per heavy atom. The van der Waals surface area contributed by atoms with Gasteiger partial charge in [-0.25, -0.2) is 4.39 Å². The molecule has 0 saturated carbocycles. The molecule has 10 aromatic carbocycles. The summed E-state index contributed by atoms with van der Waals surface area (Å²) in [5.74, 6) is 1.11. The zero-order valence-electron chi connectivity index (χ0n) is 38.1. The van der Waals surface area contributed by atoms with Crippen LogP contribution in [-0.2, 0) is 11.6 Å². The fourth-order valence-electron chi connectivity index (χ4n) is 10.5. The van der Waals surface area contributed by atoms with Gasteiger partial charge in [0.05, 0.1) is 22.0 Å². The summed E-state index contributed by atoms with van der Waals surface area (Å²) in [6.45, 7) is 3.86. The molecule has 1 atom stereocenters. The Balaban J connectivity index is 0.986. The van der Waals surface area contributed by atoms with Crippen molar-refractivity contribution < 1.29 is 22.3 Å². The third-order valence-electron chi connectivity index (χ3n) is 13.8. The van der Waals surface area contributed by atoms with Gasteiger partial charge in [-0.05, 0) is 165 Å². The smallest absolute Gasteiger partial charge is 0.416 e. The summed E-state index contributed by atoms with van der Waals surface area (Å²) in [5.41, 5.74) is 12.9. The van der Waals surface area contributed by atoms with Crippen LogP contribution in [0.3, 0.4) is 0 Å². The molecule has 0 N–H and O–H groups in total. The standard InChI is InChI=1S/C64H42F4N2O/c1-2-42-16-34-53(35-17-42)71-54-36-23-46(24-37-54)63(45-10-4-3-5-11-45)59-14-8-6-12-55(59)56-38-33-52(41-60(56)63)69(50-29-21-47(22-30-50)64(66,67)68)49-27-18-43(19-28-49)44-20-39-62-58(40-44)57-13-7-9-15-61(57)70(62)51-31-25-48(65)26-32-51/h2-41H,1H2. The van der Waals surface area contributed by atoms with Gasteiger partial charge >= 0.3 is 6.18 Å². The number of rotatable bonds is 10. The maximum atomic E-state index is 14.1. The summed E-state index contributed by atoms with van der Waals surface area (Å²) in [6.07, 6.45) is -2.70. The van der Waals surface area contributed by atoms with Crippen molar-refractivity contribution >= 4 is 44.9 Å². The number of aromatic nitrogens is 1. The number of halogens is 4. The molecule has 0 spiro atoms. The Kier molecular flexibility index (Phi) is 10.5. The molecule has 71 heavy (non-hydrogen) atoms. The highest BCUT2D eigenvalue weighted by Crippen LogP contribution is 2.57. The van der Waals surface area contributed by atoms with Crippen molar-refractivity contribution in [2.24, 2.45) is 0 Å². The number of hydrogen-bond donors (Lipinski definition) is 0. The van der Waals surface area contributed by atoms with Crippen LogP contribution in [0.4, 0.5) is 34.6 Å². The van der Waals surface area contributed by atoms with E-state index in [9.17, 15) is 17.6 Å². The summed E-state index contributed by atoms with van der Waals surface area (Å²) in [7, 11) is 0. The van der Waals surface area contributed by atoms with Crippen LogP contribution in [0.25, 0.3) is 55.8 Å². The number of nitrogens with zero attached hydrogens (tertiary/aromatic N) is 2. The van der Waals surface area contributed by atoms with Gasteiger partial charge < -0.3 is 14.2 Å². The molecule has 12 rings (SSSR count). The van der Waals surface area contributed by atoms with Gasteiger partial charge in [0.2, 0.25) is 0 Å². The largest absolute Gasteiger partial charge is 0.457 e. The van der Waals surface area contributed by atoms with Crippen molar-refractivity contribution in [3.8, 4) is 39.4 Å². The van der Waals surface area contributed by atoms with Gasteiger partial charge in [0.15, 0.2) is 0 Å². The third kappa shape index (κ3) is 7.45. The van der Waals surface area contributed by atoms with E-state index >= 15 is 0 Å². The van der Waals surface area contributed by atoms with E-state index in [0.29, 0.717) is 17.2 Å². The van der Waals surface area contributed by atoms with Gasteiger partial charge in [-0.3, -0.25) is 0 Å². The van der Waals surface area contributed by atoms with Crippen molar-refractivity contribution in [3.63, 3.8) is 0 Å². The molecule has 342 valence electrons. The number of hydrogen-bond acceptors (Lipinski definition) is 2. The lowest BCUT2D eigenvalue weighted by Crippen LogP contribution is -2.28. The molecule has 1 heterocycles. The summed E-state index contributed by atoms with van der Waals surface area (Å²) in [6, 6.07) is 76.0. The molecule has 7 heteroatoms. The van der Waals surface area contributed by atoms with E-state index in [2.05, 4.69) is 132 Å². The first-order valence-electron chi connectivity index (χ1n) is 23.4. The molecule has 3 nitrogen and oxygen atoms in total. The summed E-state index contributed by atoms with van der Waals surface area (Å²) < 4.78 is 64.7. The molecule has 0 aliphatic heterocycles. The van der Waals surface area contributed by atoms with Crippen LogP contribution in [0.5, 0.6) is 11.5 Å². The summed E-state index contributed by atoms with van der Waals surface area (Å²) in [5, 5.41) is 2.13. The van der Waals surface area contributed by atoms with Crippen molar-refractivity contribution in [1.29, 1.82) is 0 Å². The normalized spacial score (nSPS) is 14.0. The van der Waals surface area contributed by atoms with Crippen LogP contribution < -0.4 is 9.64 Å². The van der Waals surface area contributed by atoms with Crippen LogP contribution >= 0.6 is 0 Å². The fourth-order valence-corrected chi connectivity index (χ4v) is 10.5. The van der Waals surface area contributed by atoms with Crippen LogP contribution in [0.15, 0.2) is 243 Å². The van der Waals surface area contributed by atoms with E-state index in [1.165, 1.54) is 24.3 Å². The van der Waals surface area contributed by atoms with Gasteiger partial charge in [-0.15, -0.1) is 0 Å². The monoisotopic (exact) mass is 930 g/mol. The third-order valence-corrected chi connectivity index (χ3v) is 13.8. The van der Waals surface area contributed by atoms with Crippen LogP contribution in [0.2, 0.25) is 0 Å². The predicted octanol–water partition coefficient (Wildman–Crippen LogP) is 17.9. The zero-order chi connectivity index (χ0) is 48.3. The van der Waals surface area contributed by atoms with Crippen molar-refractivity contribution in [2.75, 3.05) is 4.90 Å². The summed E-state index contributed by atoms with van der Waals surface area (Å²) >= 11 is 0. The number of anilines is 3. The van der Waals surface area contributed by atoms with E-state index in [1.54, 1.807) is 18.2 Å². The maximum Gasteiger partial charge on any atom is 0.416 e. The molecule has 11 aromatic rings. The van der Waals surface area contributed by atoms with Crippen LogP contribution in [0, 0.1) is 5.82 Å². The maximum absolute atomic E-state index is 14.1. The Hall–Kier alpha value is -8.94. The first-order chi connectivity index (χ1) is 34.7.